The van der Waals surface area contributed by atoms with E-state index in [0.29, 0.717) is 18.0 Å². The van der Waals surface area contributed by atoms with E-state index in [1.807, 2.05) is 44.2 Å². The van der Waals surface area contributed by atoms with Gasteiger partial charge in [0, 0.05) is 24.5 Å². The Morgan fingerprint density at radius 2 is 2.00 bits per heavy atom. The molecule has 1 heterocycles. The molecule has 2 aromatic rings. The van der Waals surface area contributed by atoms with Crippen LogP contribution in [-0.2, 0) is 12.1 Å². The summed E-state index contributed by atoms with van der Waals surface area (Å²) in [4.78, 5) is 4.14. The summed E-state index contributed by atoms with van der Waals surface area (Å²) in [7, 11) is 1.63. The zero-order valence-corrected chi connectivity index (χ0v) is 12.1. The summed E-state index contributed by atoms with van der Waals surface area (Å²) in [5.74, 6) is 1.38. The Morgan fingerprint density at radius 3 is 2.60 bits per heavy atom. The van der Waals surface area contributed by atoms with Gasteiger partial charge in [-0.15, -0.1) is 0 Å². The number of rotatable bonds is 5. The third kappa shape index (κ3) is 3.08. The van der Waals surface area contributed by atoms with Gasteiger partial charge in [0.25, 0.3) is 0 Å². The van der Waals surface area contributed by atoms with Crippen LogP contribution in [0.5, 0.6) is 11.5 Å². The van der Waals surface area contributed by atoms with E-state index < -0.39 is 5.60 Å². The second-order valence-electron chi connectivity index (χ2n) is 5.04. The predicted molar refractivity (Wildman–Crippen MR) is 78.8 cm³/mol. The van der Waals surface area contributed by atoms with E-state index in [2.05, 4.69) is 4.98 Å². The van der Waals surface area contributed by atoms with E-state index in [9.17, 15) is 0 Å². The highest BCUT2D eigenvalue weighted by Gasteiger charge is 2.24. The third-order valence-corrected chi connectivity index (χ3v) is 3.19. The molecule has 0 atom stereocenters. The number of ether oxygens (including phenoxy) is 2. The van der Waals surface area contributed by atoms with Crippen LogP contribution in [0.2, 0.25) is 0 Å². The lowest BCUT2D eigenvalue weighted by atomic mass is 10.00. The average molecular weight is 272 g/mol. The van der Waals surface area contributed by atoms with Gasteiger partial charge in [-0.25, -0.2) is 0 Å². The van der Waals surface area contributed by atoms with Crippen molar-refractivity contribution in [2.24, 2.45) is 5.73 Å². The maximum Gasteiger partial charge on any atom is 0.162 e. The fraction of sp³-hybridized carbons (Fsp3) is 0.312. The highest BCUT2D eigenvalue weighted by atomic mass is 16.5. The topological polar surface area (TPSA) is 57.4 Å². The first-order chi connectivity index (χ1) is 9.56. The van der Waals surface area contributed by atoms with Crippen LogP contribution in [0.15, 0.2) is 42.7 Å². The zero-order chi connectivity index (χ0) is 14.6. The van der Waals surface area contributed by atoms with E-state index in [1.165, 1.54) is 0 Å². The van der Waals surface area contributed by atoms with Gasteiger partial charge in [0.1, 0.15) is 5.60 Å². The monoisotopic (exact) mass is 272 g/mol. The number of nitrogens with zero attached hydrogens (tertiary/aromatic N) is 1. The lowest BCUT2D eigenvalue weighted by Gasteiger charge is -2.27. The molecule has 0 radical (unpaired) electrons. The molecule has 106 valence electrons. The molecule has 0 fully saturated rings. The number of pyridine rings is 1. The quantitative estimate of drug-likeness (QED) is 0.909. The summed E-state index contributed by atoms with van der Waals surface area (Å²) in [6.45, 7) is 4.46. The second kappa shape index (κ2) is 5.92. The molecule has 0 unspecified atom stereocenters. The van der Waals surface area contributed by atoms with Gasteiger partial charge in [-0.3, -0.25) is 4.98 Å². The molecule has 0 aliphatic heterocycles. The molecule has 0 aliphatic carbocycles. The van der Waals surface area contributed by atoms with Crippen molar-refractivity contribution in [3.05, 3.63) is 53.9 Å². The first kappa shape index (κ1) is 14.3. The van der Waals surface area contributed by atoms with Crippen LogP contribution < -0.4 is 15.2 Å². The van der Waals surface area contributed by atoms with Crippen LogP contribution in [-0.4, -0.2) is 12.1 Å². The first-order valence-corrected chi connectivity index (χ1v) is 6.53. The smallest absolute Gasteiger partial charge is 0.162 e. The lowest BCUT2D eigenvalue weighted by Crippen LogP contribution is -2.25. The van der Waals surface area contributed by atoms with Crippen LogP contribution in [0.4, 0.5) is 0 Å². The van der Waals surface area contributed by atoms with Crippen LogP contribution >= 0.6 is 0 Å². The molecule has 2 rings (SSSR count). The van der Waals surface area contributed by atoms with Crippen molar-refractivity contribution in [3.8, 4) is 11.5 Å². The minimum atomic E-state index is -0.505. The summed E-state index contributed by atoms with van der Waals surface area (Å²) in [6, 6.07) is 9.61. The van der Waals surface area contributed by atoms with Crippen LogP contribution in [0.1, 0.15) is 25.0 Å². The molecule has 2 N–H and O–H groups in total. The van der Waals surface area contributed by atoms with Gasteiger partial charge in [-0.05, 0) is 37.6 Å². The zero-order valence-electron chi connectivity index (χ0n) is 12.1. The minimum absolute atomic E-state index is 0.466. The second-order valence-corrected chi connectivity index (χ2v) is 5.04. The summed E-state index contributed by atoms with van der Waals surface area (Å²) >= 11 is 0. The highest BCUT2D eigenvalue weighted by molar-refractivity contribution is 5.43. The Bertz CT molecular complexity index is 568. The van der Waals surface area contributed by atoms with E-state index in [0.717, 1.165) is 11.1 Å². The number of nitrogens with two attached hydrogens (primary N) is 1. The minimum Gasteiger partial charge on any atom is -0.493 e. The van der Waals surface area contributed by atoms with Crippen molar-refractivity contribution < 1.29 is 9.47 Å². The van der Waals surface area contributed by atoms with Crippen molar-refractivity contribution in [2.75, 3.05) is 7.11 Å². The summed E-state index contributed by atoms with van der Waals surface area (Å²) in [5.41, 5.74) is 7.18. The average Bonchev–Trinajstić information content (AvgIpc) is 2.47. The van der Waals surface area contributed by atoms with Crippen molar-refractivity contribution in [2.45, 2.75) is 26.0 Å². The maximum absolute atomic E-state index is 6.13. The first-order valence-electron chi connectivity index (χ1n) is 6.53. The predicted octanol–water partition coefficient (Wildman–Crippen LogP) is 2.86. The third-order valence-electron chi connectivity index (χ3n) is 3.19. The fourth-order valence-corrected chi connectivity index (χ4v) is 1.98. The highest BCUT2D eigenvalue weighted by Crippen LogP contribution is 2.34. The fourth-order valence-electron chi connectivity index (χ4n) is 1.98. The molecule has 0 saturated carbocycles. The van der Waals surface area contributed by atoms with Crippen LogP contribution in [0.25, 0.3) is 0 Å². The summed E-state index contributed by atoms with van der Waals surface area (Å²) in [6.07, 6.45) is 3.55. The molecule has 1 aromatic carbocycles. The van der Waals surface area contributed by atoms with Crippen molar-refractivity contribution in [3.63, 3.8) is 0 Å². The molecule has 0 spiro atoms. The van der Waals surface area contributed by atoms with E-state index in [4.69, 9.17) is 15.2 Å². The molecule has 0 saturated heterocycles. The Balaban J connectivity index is 2.33. The molecular formula is C16H20N2O2. The van der Waals surface area contributed by atoms with Gasteiger partial charge in [0.2, 0.25) is 0 Å². The molecule has 4 heteroatoms. The molecule has 0 amide bonds. The van der Waals surface area contributed by atoms with Crippen LogP contribution in [0.3, 0.4) is 0 Å². The number of hydrogen-bond donors (Lipinski definition) is 1. The molecule has 0 aliphatic rings. The summed E-state index contributed by atoms with van der Waals surface area (Å²) < 4.78 is 11.5. The number of hydrogen-bond acceptors (Lipinski definition) is 4. The van der Waals surface area contributed by atoms with E-state index in [1.54, 1.807) is 19.5 Å². The van der Waals surface area contributed by atoms with E-state index in [-0.39, 0.29) is 0 Å². The van der Waals surface area contributed by atoms with E-state index >= 15 is 0 Å². The van der Waals surface area contributed by atoms with Gasteiger partial charge >= 0.3 is 0 Å². The molecule has 4 nitrogen and oxygen atoms in total. The molecule has 20 heavy (non-hydrogen) atoms. The largest absolute Gasteiger partial charge is 0.493 e. The van der Waals surface area contributed by atoms with Gasteiger partial charge < -0.3 is 15.2 Å². The standard InChI is InChI=1S/C16H20N2O2/c1-16(2,13-5-4-8-18-11-13)20-15-9-12(10-17)6-7-14(15)19-3/h4-9,11H,10,17H2,1-3H3. The maximum atomic E-state index is 6.13. The van der Waals surface area contributed by atoms with Crippen LogP contribution in [0, 0.1) is 0 Å². The normalized spacial score (nSPS) is 11.2. The SMILES string of the molecule is COc1ccc(CN)cc1OC(C)(C)c1cccnc1. The van der Waals surface area contributed by atoms with Gasteiger partial charge in [-0.2, -0.15) is 0 Å². The Kier molecular flexibility index (Phi) is 4.25. The number of aromatic nitrogens is 1. The molecule has 0 bridgehead atoms. The Labute approximate surface area is 119 Å². The van der Waals surface area contributed by atoms with Crippen molar-refractivity contribution in [1.29, 1.82) is 0 Å². The Morgan fingerprint density at radius 1 is 1.20 bits per heavy atom. The van der Waals surface area contributed by atoms with Crippen molar-refractivity contribution in [1.82, 2.24) is 4.98 Å². The van der Waals surface area contributed by atoms with Gasteiger partial charge in [0.05, 0.1) is 7.11 Å². The molecular weight excluding hydrogens is 252 g/mol. The molecule has 1 aromatic heterocycles. The lowest BCUT2D eigenvalue weighted by molar-refractivity contribution is 0.103. The summed E-state index contributed by atoms with van der Waals surface area (Å²) in [5, 5.41) is 0. The van der Waals surface area contributed by atoms with Gasteiger partial charge in [0.15, 0.2) is 11.5 Å². The van der Waals surface area contributed by atoms with Gasteiger partial charge in [-0.1, -0.05) is 12.1 Å². The Hall–Kier alpha value is -2.07. The number of benzene rings is 1. The van der Waals surface area contributed by atoms with Crippen molar-refractivity contribution >= 4 is 0 Å². The number of methoxy groups -OCH3 is 1.